The predicted octanol–water partition coefficient (Wildman–Crippen LogP) is 3.94. The first kappa shape index (κ1) is 18.0. The highest BCUT2D eigenvalue weighted by atomic mass is 16.2. The molecule has 142 valence electrons. The van der Waals surface area contributed by atoms with E-state index in [2.05, 4.69) is 10.2 Å². The van der Waals surface area contributed by atoms with Crippen molar-refractivity contribution >= 4 is 23.2 Å². The molecule has 0 aliphatic carbocycles. The predicted molar refractivity (Wildman–Crippen MR) is 108 cm³/mol. The van der Waals surface area contributed by atoms with Crippen molar-refractivity contribution in [2.24, 2.45) is 0 Å². The van der Waals surface area contributed by atoms with E-state index in [-0.39, 0.29) is 23.9 Å². The Morgan fingerprint density at radius 2 is 1.79 bits per heavy atom. The van der Waals surface area contributed by atoms with Gasteiger partial charge in [0, 0.05) is 30.5 Å². The van der Waals surface area contributed by atoms with Gasteiger partial charge in [-0.05, 0) is 43.2 Å². The first-order valence-electron chi connectivity index (χ1n) is 9.34. The van der Waals surface area contributed by atoms with Gasteiger partial charge in [-0.15, -0.1) is 0 Å². The van der Waals surface area contributed by atoms with Gasteiger partial charge in [-0.1, -0.05) is 36.4 Å². The van der Waals surface area contributed by atoms with Crippen molar-refractivity contribution in [3.8, 4) is 0 Å². The van der Waals surface area contributed by atoms with Gasteiger partial charge in [-0.3, -0.25) is 14.7 Å². The molecule has 3 aromatic rings. The highest BCUT2D eigenvalue weighted by Gasteiger charge is 2.38. The van der Waals surface area contributed by atoms with Gasteiger partial charge in [0.05, 0.1) is 6.04 Å². The number of fused-ring (bicyclic) bond motifs is 1. The van der Waals surface area contributed by atoms with Crippen LogP contribution in [0, 0.1) is 0 Å². The molecule has 0 fully saturated rings. The fraction of sp³-hybridized carbons (Fsp3) is 0.227. The fourth-order valence-corrected chi connectivity index (χ4v) is 4.01. The van der Waals surface area contributed by atoms with Gasteiger partial charge in [-0.2, -0.15) is 5.10 Å². The molecule has 0 bridgehead atoms. The first-order chi connectivity index (χ1) is 13.6. The third-order valence-corrected chi connectivity index (χ3v) is 5.20. The molecule has 1 aromatic heterocycles. The molecule has 0 saturated carbocycles. The Morgan fingerprint density at radius 3 is 2.46 bits per heavy atom. The van der Waals surface area contributed by atoms with E-state index in [1.807, 2.05) is 66.4 Å². The minimum Gasteiger partial charge on any atom is -0.305 e. The van der Waals surface area contributed by atoms with E-state index in [0.29, 0.717) is 12.1 Å². The fourth-order valence-electron chi connectivity index (χ4n) is 4.01. The van der Waals surface area contributed by atoms with Crippen LogP contribution in [0.5, 0.6) is 0 Å². The summed E-state index contributed by atoms with van der Waals surface area (Å²) in [6.45, 7) is 3.60. The lowest BCUT2D eigenvalue weighted by atomic mass is 9.89. The highest BCUT2D eigenvalue weighted by molar-refractivity contribution is 6.06. The Labute approximate surface area is 163 Å². The van der Waals surface area contributed by atoms with Crippen molar-refractivity contribution in [3.63, 3.8) is 0 Å². The monoisotopic (exact) mass is 374 g/mol. The smallest absolute Gasteiger partial charge is 0.276 e. The topological polar surface area (TPSA) is 69.3 Å². The van der Waals surface area contributed by atoms with Gasteiger partial charge in [0.25, 0.3) is 5.91 Å². The molecule has 1 N–H and O–H groups in total. The zero-order valence-electron chi connectivity index (χ0n) is 15.9. The number of aromatic nitrogens is 2. The van der Waals surface area contributed by atoms with E-state index < -0.39 is 0 Å². The van der Waals surface area contributed by atoms with E-state index in [4.69, 9.17) is 0 Å². The number of H-pyrrole nitrogens is 1. The quantitative estimate of drug-likeness (QED) is 0.755. The molecule has 1 aliphatic heterocycles. The van der Waals surface area contributed by atoms with Crippen LogP contribution >= 0.6 is 0 Å². The van der Waals surface area contributed by atoms with Crippen molar-refractivity contribution in [1.82, 2.24) is 10.2 Å². The maximum Gasteiger partial charge on any atom is 0.276 e. The van der Waals surface area contributed by atoms with Crippen LogP contribution in [0.2, 0.25) is 0 Å². The van der Waals surface area contributed by atoms with Crippen LogP contribution in [0.4, 0.5) is 11.4 Å². The van der Waals surface area contributed by atoms with E-state index in [1.54, 1.807) is 24.1 Å². The number of hydrogen-bond acceptors (Lipinski definition) is 3. The average Bonchev–Trinajstić information content (AvgIpc) is 3.23. The largest absolute Gasteiger partial charge is 0.305 e. The van der Waals surface area contributed by atoms with Crippen LogP contribution in [0.25, 0.3) is 0 Å². The van der Waals surface area contributed by atoms with Crippen LogP contribution in [0.3, 0.4) is 0 Å². The number of benzene rings is 2. The van der Waals surface area contributed by atoms with Gasteiger partial charge >= 0.3 is 0 Å². The minimum atomic E-state index is -0.142. The molecule has 0 saturated heterocycles. The van der Waals surface area contributed by atoms with Crippen molar-refractivity contribution in [2.45, 2.75) is 32.4 Å². The molecular formula is C22H22N4O2. The van der Waals surface area contributed by atoms with E-state index in [1.165, 1.54) is 0 Å². The number of rotatable bonds is 3. The molecular weight excluding hydrogens is 352 g/mol. The number of nitrogens with zero attached hydrogens (tertiary/aromatic N) is 3. The Bertz CT molecular complexity index is 985. The number of hydrogen-bond donors (Lipinski definition) is 1. The lowest BCUT2D eigenvalue weighted by molar-refractivity contribution is -0.117. The Kier molecular flexibility index (Phi) is 4.69. The third kappa shape index (κ3) is 3.07. The molecule has 1 aliphatic rings. The summed E-state index contributed by atoms with van der Waals surface area (Å²) in [5, 5.41) is 6.66. The second-order valence-electron chi connectivity index (χ2n) is 7.03. The van der Waals surface area contributed by atoms with E-state index >= 15 is 0 Å². The summed E-state index contributed by atoms with van der Waals surface area (Å²) >= 11 is 0. The minimum absolute atomic E-state index is 0.0217. The van der Waals surface area contributed by atoms with Gasteiger partial charge in [0.2, 0.25) is 5.91 Å². The maximum atomic E-state index is 13.1. The second kappa shape index (κ2) is 7.31. The molecule has 0 spiro atoms. The zero-order valence-corrected chi connectivity index (χ0v) is 15.9. The molecule has 2 atom stereocenters. The molecule has 6 heteroatoms. The Hall–Kier alpha value is -3.41. The SMILES string of the molecule is CC(=O)N(c1ccccc1)C1CC(C)N(C(=O)c2ccn[nH]2)c2ccccc21. The van der Waals surface area contributed by atoms with Crippen LogP contribution in [0.15, 0.2) is 66.9 Å². The van der Waals surface area contributed by atoms with Crippen LogP contribution in [-0.4, -0.2) is 28.1 Å². The molecule has 0 radical (unpaired) electrons. The maximum absolute atomic E-state index is 13.1. The summed E-state index contributed by atoms with van der Waals surface area (Å²) in [5.74, 6) is -0.142. The Morgan fingerprint density at radius 1 is 1.07 bits per heavy atom. The van der Waals surface area contributed by atoms with Gasteiger partial charge in [0.1, 0.15) is 5.69 Å². The van der Waals surface area contributed by atoms with Gasteiger partial charge in [0.15, 0.2) is 0 Å². The number of carbonyl (C=O) groups is 2. The van der Waals surface area contributed by atoms with E-state index in [0.717, 1.165) is 16.9 Å². The lowest BCUT2D eigenvalue weighted by Crippen LogP contribution is -2.47. The summed E-state index contributed by atoms with van der Waals surface area (Å²) in [6.07, 6.45) is 2.22. The van der Waals surface area contributed by atoms with E-state index in [9.17, 15) is 9.59 Å². The number of nitrogens with one attached hydrogen (secondary N) is 1. The van der Waals surface area contributed by atoms with Crippen molar-refractivity contribution in [3.05, 3.63) is 78.1 Å². The number of para-hydroxylation sites is 2. The molecule has 6 nitrogen and oxygen atoms in total. The van der Waals surface area contributed by atoms with Crippen LogP contribution < -0.4 is 9.80 Å². The number of anilines is 2. The molecule has 4 rings (SSSR count). The van der Waals surface area contributed by atoms with Crippen molar-refractivity contribution in [2.75, 3.05) is 9.80 Å². The van der Waals surface area contributed by atoms with Crippen LogP contribution in [0.1, 0.15) is 42.4 Å². The Balaban J connectivity index is 1.79. The summed E-state index contributed by atoms with van der Waals surface area (Å²) in [5.41, 5.74) is 3.10. The number of aromatic amines is 1. The summed E-state index contributed by atoms with van der Waals surface area (Å²) in [4.78, 5) is 29.3. The highest BCUT2D eigenvalue weighted by Crippen LogP contribution is 2.42. The standard InChI is InChI=1S/C22H22N4O2/c1-15-14-21(26(16(2)27)17-8-4-3-5-9-17)18-10-6-7-11-20(18)25(15)22(28)19-12-13-23-24-19/h3-13,15,21H,14H2,1-2H3,(H,23,24). The average molecular weight is 374 g/mol. The normalized spacial score (nSPS) is 18.4. The molecule has 2 heterocycles. The molecule has 2 aromatic carbocycles. The zero-order chi connectivity index (χ0) is 19.7. The first-order valence-corrected chi connectivity index (χ1v) is 9.34. The third-order valence-electron chi connectivity index (χ3n) is 5.20. The number of carbonyl (C=O) groups excluding carboxylic acids is 2. The van der Waals surface area contributed by atoms with Crippen LogP contribution in [-0.2, 0) is 4.79 Å². The summed E-state index contributed by atoms with van der Waals surface area (Å²) in [7, 11) is 0. The van der Waals surface area contributed by atoms with Crippen molar-refractivity contribution in [1.29, 1.82) is 0 Å². The molecule has 2 amide bonds. The second-order valence-corrected chi connectivity index (χ2v) is 7.03. The molecule has 2 unspecified atom stereocenters. The lowest BCUT2D eigenvalue weighted by Gasteiger charge is -2.43. The van der Waals surface area contributed by atoms with Crippen molar-refractivity contribution < 1.29 is 9.59 Å². The summed E-state index contributed by atoms with van der Waals surface area (Å²) in [6, 6.07) is 18.9. The number of amides is 2. The van der Waals surface area contributed by atoms with Gasteiger partial charge < -0.3 is 9.80 Å². The summed E-state index contributed by atoms with van der Waals surface area (Å²) < 4.78 is 0. The molecule has 28 heavy (non-hydrogen) atoms. The van der Waals surface area contributed by atoms with Gasteiger partial charge in [-0.25, -0.2) is 0 Å².